The molecule has 34 heavy (non-hydrogen) atoms. The lowest BCUT2D eigenvalue weighted by atomic mass is 9.94. The number of amides is 1. The molecule has 3 aromatic rings. The monoisotopic (exact) mass is 460 g/mol. The van der Waals surface area contributed by atoms with E-state index in [-0.39, 0.29) is 12.3 Å². The topological polar surface area (TPSA) is 97.1 Å². The van der Waals surface area contributed by atoms with Crippen molar-refractivity contribution in [2.45, 2.75) is 38.1 Å². The summed E-state index contributed by atoms with van der Waals surface area (Å²) in [6.45, 7) is -0.199. The van der Waals surface area contributed by atoms with Crippen LogP contribution in [0.1, 0.15) is 37.7 Å². The molecule has 1 fully saturated rings. The first-order valence-corrected chi connectivity index (χ1v) is 11.5. The van der Waals surface area contributed by atoms with Crippen molar-refractivity contribution in [1.29, 1.82) is 0 Å². The first-order valence-electron chi connectivity index (χ1n) is 11.5. The van der Waals surface area contributed by atoms with Crippen molar-refractivity contribution in [2.24, 2.45) is 5.10 Å². The Kier molecular flexibility index (Phi) is 7.37. The number of hydrazone groups is 1. The molecular weight excluding hydrogens is 432 g/mol. The van der Waals surface area contributed by atoms with Crippen LogP contribution in [0.2, 0.25) is 0 Å². The van der Waals surface area contributed by atoms with E-state index in [1.807, 2.05) is 49.5 Å². The highest BCUT2D eigenvalue weighted by molar-refractivity contribution is 5.91. The molecule has 1 saturated carbocycles. The second-order valence-electron chi connectivity index (χ2n) is 8.46. The Morgan fingerprint density at radius 3 is 2.71 bits per heavy atom. The molecule has 0 heterocycles. The summed E-state index contributed by atoms with van der Waals surface area (Å²) in [4.78, 5) is 25.3. The number of fused-ring (bicyclic) bond motifs is 1. The minimum Gasteiger partial charge on any atom is -0.483 e. The van der Waals surface area contributed by atoms with Crippen LogP contribution in [0.25, 0.3) is 10.8 Å². The Morgan fingerprint density at radius 1 is 1.15 bits per heavy atom. The van der Waals surface area contributed by atoms with E-state index in [1.165, 1.54) is 37.6 Å². The number of ether oxygens (including phenoxy) is 1. The van der Waals surface area contributed by atoms with Gasteiger partial charge in [0.15, 0.2) is 6.61 Å². The number of rotatable bonds is 8. The van der Waals surface area contributed by atoms with Crippen LogP contribution in [-0.2, 0) is 4.79 Å². The third kappa shape index (κ3) is 5.51. The van der Waals surface area contributed by atoms with Gasteiger partial charge in [0.05, 0.1) is 11.1 Å². The Morgan fingerprint density at radius 2 is 1.91 bits per heavy atom. The minimum absolute atomic E-state index is 0.0205. The highest BCUT2D eigenvalue weighted by atomic mass is 16.6. The highest BCUT2D eigenvalue weighted by Crippen LogP contribution is 2.30. The fourth-order valence-corrected chi connectivity index (χ4v) is 4.42. The second kappa shape index (κ2) is 10.8. The van der Waals surface area contributed by atoms with Crippen molar-refractivity contribution in [3.63, 3.8) is 0 Å². The van der Waals surface area contributed by atoms with E-state index in [4.69, 9.17) is 4.74 Å². The van der Waals surface area contributed by atoms with Crippen LogP contribution in [0, 0.1) is 10.1 Å². The molecule has 1 aliphatic carbocycles. The summed E-state index contributed by atoms with van der Waals surface area (Å²) in [5.74, 6) is 0.198. The van der Waals surface area contributed by atoms with Gasteiger partial charge in [-0.05, 0) is 30.4 Å². The van der Waals surface area contributed by atoms with Gasteiger partial charge in [0.2, 0.25) is 0 Å². The zero-order chi connectivity index (χ0) is 23.9. The molecule has 0 radical (unpaired) electrons. The van der Waals surface area contributed by atoms with Gasteiger partial charge in [-0.3, -0.25) is 14.9 Å². The maximum Gasteiger partial charge on any atom is 0.277 e. The van der Waals surface area contributed by atoms with Crippen LogP contribution in [-0.4, -0.2) is 36.7 Å². The summed E-state index contributed by atoms with van der Waals surface area (Å²) in [5, 5.41) is 17.3. The van der Waals surface area contributed by atoms with E-state index >= 15 is 0 Å². The van der Waals surface area contributed by atoms with Crippen molar-refractivity contribution in [3.05, 3.63) is 76.3 Å². The molecule has 8 heteroatoms. The number of hydrogen-bond acceptors (Lipinski definition) is 6. The van der Waals surface area contributed by atoms with Gasteiger partial charge < -0.3 is 9.64 Å². The van der Waals surface area contributed by atoms with E-state index in [9.17, 15) is 14.9 Å². The smallest absolute Gasteiger partial charge is 0.277 e. The van der Waals surface area contributed by atoms with Crippen molar-refractivity contribution in [2.75, 3.05) is 18.6 Å². The normalized spacial score (nSPS) is 14.3. The van der Waals surface area contributed by atoms with E-state index in [0.717, 1.165) is 29.3 Å². The van der Waals surface area contributed by atoms with Crippen LogP contribution >= 0.6 is 0 Å². The number of hydrogen-bond donors (Lipinski definition) is 1. The lowest BCUT2D eigenvalue weighted by Crippen LogP contribution is -2.34. The summed E-state index contributed by atoms with van der Waals surface area (Å²) in [7, 11) is 2.01. The molecule has 0 bridgehead atoms. The van der Waals surface area contributed by atoms with Crippen LogP contribution in [0.4, 0.5) is 11.4 Å². The molecule has 8 nitrogen and oxygen atoms in total. The fourth-order valence-electron chi connectivity index (χ4n) is 4.42. The standard InChI is InChI=1S/C26H28N4O4/c1-29(21-10-3-2-4-11-21)24-15-14-22(30(32)33)16-20(24)17-27-28-26(31)18-34-25-13-7-9-19-8-5-6-12-23(19)25/h5-9,12-17,21H,2-4,10-11,18H2,1H3,(H,28,31)/b27-17-. The molecule has 1 N–H and O–H groups in total. The van der Waals surface area contributed by atoms with Crippen molar-refractivity contribution >= 4 is 34.3 Å². The molecule has 176 valence electrons. The third-order valence-corrected chi connectivity index (χ3v) is 6.23. The van der Waals surface area contributed by atoms with Crippen molar-refractivity contribution in [1.82, 2.24) is 5.43 Å². The van der Waals surface area contributed by atoms with Gasteiger partial charge in [-0.15, -0.1) is 0 Å². The molecule has 1 aliphatic rings. The number of nitrogens with zero attached hydrogens (tertiary/aromatic N) is 3. The Bertz CT molecular complexity index is 1200. The van der Waals surface area contributed by atoms with Crippen LogP contribution in [0.15, 0.2) is 65.8 Å². The van der Waals surface area contributed by atoms with E-state index < -0.39 is 10.8 Å². The third-order valence-electron chi connectivity index (χ3n) is 6.23. The fraction of sp³-hybridized carbons (Fsp3) is 0.308. The SMILES string of the molecule is CN(c1ccc([N+](=O)[O-])cc1/C=N\NC(=O)COc1cccc2ccccc12)C1CCCCC1. The molecule has 0 spiro atoms. The van der Waals surface area contributed by atoms with E-state index in [2.05, 4.69) is 15.4 Å². The zero-order valence-corrected chi connectivity index (χ0v) is 19.1. The van der Waals surface area contributed by atoms with Gasteiger partial charge in [0.25, 0.3) is 11.6 Å². The van der Waals surface area contributed by atoms with E-state index in [0.29, 0.717) is 17.4 Å². The summed E-state index contributed by atoms with van der Waals surface area (Å²) in [6, 6.07) is 18.6. The van der Waals surface area contributed by atoms with Gasteiger partial charge in [0, 0.05) is 41.9 Å². The summed E-state index contributed by atoms with van der Waals surface area (Å²) in [6.07, 6.45) is 7.23. The number of benzene rings is 3. The second-order valence-corrected chi connectivity index (χ2v) is 8.46. The minimum atomic E-state index is -0.432. The number of carbonyl (C=O) groups excluding carboxylic acids is 1. The van der Waals surface area contributed by atoms with Gasteiger partial charge in [-0.1, -0.05) is 55.7 Å². The summed E-state index contributed by atoms with van der Waals surface area (Å²) in [5.41, 5.74) is 3.87. The van der Waals surface area contributed by atoms with Crippen molar-refractivity contribution < 1.29 is 14.5 Å². The average molecular weight is 461 g/mol. The zero-order valence-electron chi connectivity index (χ0n) is 19.1. The quantitative estimate of drug-likeness (QED) is 0.288. The number of anilines is 1. The number of nitro benzene ring substituents is 1. The molecule has 0 aliphatic heterocycles. The first kappa shape index (κ1) is 23.2. The number of nitro groups is 1. The molecule has 0 atom stereocenters. The Labute approximate surface area is 198 Å². The maximum absolute atomic E-state index is 12.3. The summed E-state index contributed by atoms with van der Waals surface area (Å²) < 4.78 is 5.69. The average Bonchev–Trinajstić information content (AvgIpc) is 2.87. The van der Waals surface area contributed by atoms with Gasteiger partial charge >= 0.3 is 0 Å². The number of non-ortho nitro benzene ring substituents is 1. The number of carbonyl (C=O) groups is 1. The number of nitrogens with one attached hydrogen (secondary N) is 1. The Balaban J connectivity index is 1.43. The Hall–Kier alpha value is -3.94. The maximum atomic E-state index is 12.3. The van der Waals surface area contributed by atoms with Gasteiger partial charge in [-0.25, -0.2) is 5.43 Å². The van der Waals surface area contributed by atoms with E-state index in [1.54, 1.807) is 6.07 Å². The van der Waals surface area contributed by atoms with Gasteiger partial charge in [-0.2, -0.15) is 5.10 Å². The molecule has 0 aromatic heterocycles. The largest absolute Gasteiger partial charge is 0.483 e. The lowest BCUT2D eigenvalue weighted by Gasteiger charge is -2.33. The summed E-state index contributed by atoms with van der Waals surface area (Å²) >= 11 is 0. The molecular formula is C26H28N4O4. The molecule has 0 unspecified atom stereocenters. The van der Waals surface area contributed by atoms with Crippen molar-refractivity contribution in [3.8, 4) is 5.75 Å². The molecule has 1 amide bonds. The molecule has 3 aromatic carbocycles. The molecule has 0 saturated heterocycles. The predicted octanol–water partition coefficient (Wildman–Crippen LogP) is 5.05. The lowest BCUT2D eigenvalue weighted by molar-refractivity contribution is -0.384. The highest BCUT2D eigenvalue weighted by Gasteiger charge is 2.21. The first-order chi connectivity index (χ1) is 16.5. The van der Waals surface area contributed by atoms with Gasteiger partial charge in [0.1, 0.15) is 5.75 Å². The predicted molar refractivity (Wildman–Crippen MR) is 134 cm³/mol. The van der Waals surface area contributed by atoms with Crippen LogP contribution < -0.4 is 15.1 Å². The molecule has 4 rings (SSSR count). The van der Waals surface area contributed by atoms with Crippen LogP contribution in [0.3, 0.4) is 0 Å². The van der Waals surface area contributed by atoms with Crippen LogP contribution in [0.5, 0.6) is 5.75 Å².